The molecule has 9 heteroatoms. The quantitative estimate of drug-likeness (QED) is 0.392. The number of aromatic nitrogens is 3. The standard InChI is InChI=1S/C23H20N4O3S2/c1-15(22(28)24-17-9-10-18-19(12-17)30-14-29-18)32-23-26-25-21(20-8-5-11-31-20)27(23)13-16-6-3-2-4-7-16/h2-12,15H,13-14H2,1H3,(H,24,28). The Morgan fingerprint density at radius 3 is 2.78 bits per heavy atom. The topological polar surface area (TPSA) is 78.3 Å². The van der Waals surface area contributed by atoms with Gasteiger partial charge in [-0.15, -0.1) is 21.5 Å². The van der Waals surface area contributed by atoms with Gasteiger partial charge in [0.1, 0.15) is 0 Å². The maximum Gasteiger partial charge on any atom is 0.237 e. The summed E-state index contributed by atoms with van der Waals surface area (Å²) in [4.78, 5) is 13.9. The van der Waals surface area contributed by atoms with Crippen molar-refractivity contribution in [1.82, 2.24) is 14.8 Å². The van der Waals surface area contributed by atoms with Gasteiger partial charge in [-0.3, -0.25) is 9.36 Å². The molecule has 5 rings (SSSR count). The van der Waals surface area contributed by atoms with Crippen molar-refractivity contribution in [3.8, 4) is 22.2 Å². The zero-order valence-electron chi connectivity index (χ0n) is 17.2. The Hall–Kier alpha value is -3.30. The summed E-state index contributed by atoms with van der Waals surface area (Å²) in [5, 5.41) is 14.1. The molecule has 0 saturated heterocycles. The number of nitrogens with zero attached hydrogens (tertiary/aromatic N) is 3. The van der Waals surface area contributed by atoms with Crippen molar-refractivity contribution in [1.29, 1.82) is 0 Å². The monoisotopic (exact) mass is 464 g/mol. The molecule has 32 heavy (non-hydrogen) atoms. The first kappa shape index (κ1) is 20.6. The number of thiophene rings is 1. The van der Waals surface area contributed by atoms with E-state index in [2.05, 4.69) is 32.2 Å². The average Bonchev–Trinajstić information content (AvgIpc) is 3.56. The largest absolute Gasteiger partial charge is 0.454 e. The summed E-state index contributed by atoms with van der Waals surface area (Å²) in [6, 6.07) is 19.5. The highest BCUT2D eigenvalue weighted by Crippen LogP contribution is 2.35. The van der Waals surface area contributed by atoms with Gasteiger partial charge in [-0.25, -0.2) is 0 Å². The fraction of sp³-hybridized carbons (Fsp3) is 0.174. The smallest absolute Gasteiger partial charge is 0.237 e. The molecule has 1 aliphatic heterocycles. The highest BCUT2D eigenvalue weighted by atomic mass is 32.2. The molecular formula is C23H20N4O3S2. The zero-order chi connectivity index (χ0) is 21.9. The van der Waals surface area contributed by atoms with Crippen LogP contribution in [-0.4, -0.2) is 32.7 Å². The average molecular weight is 465 g/mol. The molecule has 2 aromatic carbocycles. The third kappa shape index (κ3) is 4.35. The number of rotatable bonds is 7. The van der Waals surface area contributed by atoms with E-state index in [1.807, 2.05) is 42.6 Å². The van der Waals surface area contributed by atoms with Crippen LogP contribution in [0.15, 0.2) is 71.2 Å². The Balaban J connectivity index is 1.35. The molecule has 0 spiro atoms. The van der Waals surface area contributed by atoms with Gasteiger partial charge in [-0.2, -0.15) is 0 Å². The van der Waals surface area contributed by atoms with Crippen molar-refractivity contribution < 1.29 is 14.3 Å². The molecule has 2 aromatic heterocycles. The fourth-order valence-corrected chi connectivity index (χ4v) is 4.87. The van der Waals surface area contributed by atoms with Gasteiger partial charge in [-0.05, 0) is 36.1 Å². The van der Waals surface area contributed by atoms with E-state index < -0.39 is 0 Å². The second-order valence-corrected chi connectivity index (χ2v) is 9.43. The summed E-state index contributed by atoms with van der Waals surface area (Å²) in [6.45, 7) is 2.68. The molecule has 1 unspecified atom stereocenters. The highest BCUT2D eigenvalue weighted by molar-refractivity contribution is 8.00. The fourth-order valence-electron chi connectivity index (χ4n) is 3.30. The lowest BCUT2D eigenvalue weighted by Crippen LogP contribution is -2.23. The Kier molecular flexibility index (Phi) is 5.83. The summed E-state index contributed by atoms with van der Waals surface area (Å²) in [5.74, 6) is 1.99. The van der Waals surface area contributed by atoms with E-state index in [0.29, 0.717) is 28.9 Å². The number of carbonyl (C=O) groups excluding carboxylic acids is 1. The minimum absolute atomic E-state index is 0.124. The number of anilines is 1. The second kappa shape index (κ2) is 9.05. The van der Waals surface area contributed by atoms with Gasteiger partial charge in [0.05, 0.1) is 16.7 Å². The Bertz CT molecular complexity index is 1230. The van der Waals surface area contributed by atoms with Crippen LogP contribution in [0.2, 0.25) is 0 Å². The summed E-state index contributed by atoms with van der Waals surface area (Å²) in [5.41, 5.74) is 1.81. The van der Waals surface area contributed by atoms with Gasteiger partial charge >= 0.3 is 0 Å². The summed E-state index contributed by atoms with van der Waals surface area (Å²) >= 11 is 3.00. The van der Waals surface area contributed by atoms with E-state index >= 15 is 0 Å². The number of amides is 1. The van der Waals surface area contributed by atoms with E-state index in [4.69, 9.17) is 9.47 Å². The zero-order valence-corrected chi connectivity index (χ0v) is 18.9. The molecule has 4 aromatic rings. The maximum absolute atomic E-state index is 12.9. The predicted molar refractivity (Wildman–Crippen MR) is 125 cm³/mol. The predicted octanol–water partition coefficient (Wildman–Crippen LogP) is 4.90. The van der Waals surface area contributed by atoms with E-state index in [1.165, 1.54) is 11.8 Å². The molecule has 1 amide bonds. The molecule has 7 nitrogen and oxygen atoms in total. The van der Waals surface area contributed by atoms with Gasteiger partial charge in [0.15, 0.2) is 22.5 Å². The van der Waals surface area contributed by atoms with Crippen LogP contribution >= 0.6 is 23.1 Å². The number of nitrogens with one attached hydrogen (secondary N) is 1. The minimum Gasteiger partial charge on any atom is -0.454 e. The molecule has 0 bridgehead atoms. The molecule has 162 valence electrons. The first-order valence-corrected chi connectivity index (χ1v) is 11.8. The molecule has 1 atom stereocenters. The number of benzene rings is 2. The van der Waals surface area contributed by atoms with Gasteiger partial charge < -0.3 is 14.8 Å². The van der Waals surface area contributed by atoms with Crippen molar-refractivity contribution in [2.75, 3.05) is 12.1 Å². The third-order valence-corrected chi connectivity index (χ3v) is 6.88. The lowest BCUT2D eigenvalue weighted by Gasteiger charge is -2.14. The van der Waals surface area contributed by atoms with Crippen LogP contribution in [0.3, 0.4) is 0 Å². The molecule has 0 saturated carbocycles. The minimum atomic E-state index is -0.379. The van der Waals surface area contributed by atoms with E-state index in [1.54, 1.807) is 29.5 Å². The molecular weight excluding hydrogens is 444 g/mol. The number of carbonyl (C=O) groups is 1. The lowest BCUT2D eigenvalue weighted by molar-refractivity contribution is -0.115. The van der Waals surface area contributed by atoms with Crippen molar-refractivity contribution in [2.45, 2.75) is 23.9 Å². The van der Waals surface area contributed by atoms with Crippen LogP contribution in [0.1, 0.15) is 12.5 Å². The number of hydrogen-bond donors (Lipinski definition) is 1. The summed E-state index contributed by atoms with van der Waals surface area (Å²) < 4.78 is 12.8. The third-order valence-electron chi connectivity index (χ3n) is 4.93. The van der Waals surface area contributed by atoms with Gasteiger partial charge in [0, 0.05) is 11.8 Å². The second-order valence-electron chi connectivity index (χ2n) is 7.17. The van der Waals surface area contributed by atoms with Crippen LogP contribution in [0.4, 0.5) is 5.69 Å². The van der Waals surface area contributed by atoms with Crippen molar-refractivity contribution >= 4 is 34.7 Å². The van der Waals surface area contributed by atoms with Crippen LogP contribution in [0.5, 0.6) is 11.5 Å². The number of thioether (sulfide) groups is 1. The van der Waals surface area contributed by atoms with Crippen molar-refractivity contribution in [3.63, 3.8) is 0 Å². The SMILES string of the molecule is CC(Sc1nnc(-c2cccs2)n1Cc1ccccc1)C(=O)Nc1ccc2c(c1)OCO2. The molecule has 0 aliphatic carbocycles. The van der Waals surface area contributed by atoms with Gasteiger partial charge in [-0.1, -0.05) is 48.2 Å². The normalized spacial score (nSPS) is 13.2. The number of fused-ring (bicyclic) bond motifs is 1. The van der Waals surface area contributed by atoms with E-state index in [-0.39, 0.29) is 18.0 Å². The Morgan fingerprint density at radius 2 is 1.97 bits per heavy atom. The lowest BCUT2D eigenvalue weighted by atomic mass is 10.2. The molecule has 3 heterocycles. The van der Waals surface area contributed by atoms with Crippen LogP contribution in [-0.2, 0) is 11.3 Å². The first-order chi connectivity index (χ1) is 15.7. The first-order valence-electron chi connectivity index (χ1n) is 10.1. The van der Waals surface area contributed by atoms with Crippen molar-refractivity contribution in [3.05, 3.63) is 71.6 Å². The molecule has 1 N–H and O–H groups in total. The molecule has 0 radical (unpaired) electrons. The van der Waals surface area contributed by atoms with Crippen LogP contribution in [0.25, 0.3) is 10.7 Å². The van der Waals surface area contributed by atoms with Gasteiger partial charge in [0.2, 0.25) is 12.7 Å². The Labute approximate surface area is 193 Å². The van der Waals surface area contributed by atoms with E-state index in [9.17, 15) is 4.79 Å². The maximum atomic E-state index is 12.9. The summed E-state index contributed by atoms with van der Waals surface area (Å²) in [7, 11) is 0. The van der Waals surface area contributed by atoms with E-state index in [0.717, 1.165) is 16.3 Å². The van der Waals surface area contributed by atoms with Crippen LogP contribution in [0, 0.1) is 0 Å². The number of ether oxygens (including phenoxy) is 2. The van der Waals surface area contributed by atoms with Crippen molar-refractivity contribution in [2.24, 2.45) is 0 Å². The molecule has 1 aliphatic rings. The van der Waals surface area contributed by atoms with Gasteiger partial charge in [0.25, 0.3) is 0 Å². The Morgan fingerprint density at radius 1 is 1.12 bits per heavy atom. The highest BCUT2D eigenvalue weighted by Gasteiger charge is 2.22. The molecule has 0 fully saturated rings. The summed E-state index contributed by atoms with van der Waals surface area (Å²) in [6.07, 6.45) is 0. The number of hydrogen-bond acceptors (Lipinski definition) is 7. The van der Waals surface area contributed by atoms with Crippen LogP contribution < -0.4 is 14.8 Å².